The lowest BCUT2D eigenvalue weighted by molar-refractivity contribution is 0.390. The number of benzene rings is 2. The Kier molecular flexibility index (Phi) is 7.47. The molecule has 0 radical (unpaired) electrons. The summed E-state index contributed by atoms with van der Waals surface area (Å²) in [5, 5.41) is 3.68. The topological polar surface area (TPSA) is 24.5 Å². The molecule has 130 valence electrons. The quantitative estimate of drug-likeness (QED) is 0.676. The number of nitrogens with one attached hydrogen (secondary N) is 1. The van der Waals surface area contributed by atoms with E-state index in [4.69, 9.17) is 4.74 Å². The lowest BCUT2D eigenvalue weighted by Gasteiger charge is -2.23. The van der Waals surface area contributed by atoms with Crippen molar-refractivity contribution < 1.29 is 4.74 Å². The van der Waals surface area contributed by atoms with E-state index in [0.717, 1.165) is 30.2 Å². The summed E-state index contributed by atoms with van der Waals surface area (Å²) in [6.45, 7) is 3.14. The maximum absolute atomic E-state index is 5.54. The van der Waals surface area contributed by atoms with Gasteiger partial charge in [-0.25, -0.2) is 0 Å². The van der Waals surface area contributed by atoms with Gasteiger partial charge < -0.3 is 15.0 Å². The molecule has 4 heteroatoms. The van der Waals surface area contributed by atoms with Crippen LogP contribution in [0.2, 0.25) is 0 Å². The highest BCUT2D eigenvalue weighted by Gasteiger charge is 2.13. The molecular weight excluding hydrogens is 316 g/mol. The first kappa shape index (κ1) is 18.7. The lowest BCUT2D eigenvalue weighted by atomic mass is 10.1. The van der Waals surface area contributed by atoms with Crippen LogP contribution < -0.4 is 10.1 Å². The van der Waals surface area contributed by atoms with Crippen molar-refractivity contribution in [3.63, 3.8) is 0 Å². The van der Waals surface area contributed by atoms with Gasteiger partial charge in [-0.2, -0.15) is 0 Å². The Morgan fingerprint density at radius 1 is 1.12 bits per heavy atom. The molecular formula is C20H28N2OS. The highest BCUT2D eigenvalue weighted by Crippen LogP contribution is 2.28. The number of ether oxygens (including phenoxy) is 1. The van der Waals surface area contributed by atoms with Gasteiger partial charge in [-0.05, 0) is 63.8 Å². The second-order valence-electron chi connectivity index (χ2n) is 6.26. The molecule has 2 aromatic carbocycles. The number of aryl methyl sites for hydroxylation is 1. The first-order valence-corrected chi connectivity index (χ1v) is 9.31. The molecule has 2 aromatic rings. The molecule has 3 nitrogen and oxygen atoms in total. The molecule has 0 spiro atoms. The highest BCUT2D eigenvalue weighted by atomic mass is 32.2. The minimum Gasteiger partial charge on any atom is -0.495 e. The summed E-state index contributed by atoms with van der Waals surface area (Å²) in [6.07, 6.45) is 1.09. The lowest BCUT2D eigenvalue weighted by Crippen LogP contribution is -2.28. The van der Waals surface area contributed by atoms with Crippen LogP contribution in [0.1, 0.15) is 12.0 Å². The van der Waals surface area contributed by atoms with Crippen molar-refractivity contribution >= 4 is 17.4 Å². The number of nitrogens with zero attached hydrogens (tertiary/aromatic N) is 1. The Hall–Kier alpha value is -1.65. The van der Waals surface area contributed by atoms with Gasteiger partial charge in [0.2, 0.25) is 0 Å². The Labute approximate surface area is 150 Å². The Morgan fingerprint density at radius 2 is 1.88 bits per heavy atom. The standard InChI is InChI=1S/C20H28N2OS/c1-16-10-11-19(20(14-16)23-4)21-17(12-13-22(2)3)15-24-18-8-6-5-7-9-18/h5-11,14,17,21H,12-13,15H2,1-4H3. The van der Waals surface area contributed by atoms with Crippen LogP contribution in [-0.2, 0) is 0 Å². The molecule has 2 rings (SSSR count). The molecule has 0 bridgehead atoms. The molecule has 24 heavy (non-hydrogen) atoms. The smallest absolute Gasteiger partial charge is 0.142 e. The molecule has 0 aliphatic carbocycles. The second-order valence-corrected chi connectivity index (χ2v) is 7.35. The summed E-state index contributed by atoms with van der Waals surface area (Å²) in [6, 6.07) is 17.3. The molecule has 1 N–H and O–H groups in total. The highest BCUT2D eigenvalue weighted by molar-refractivity contribution is 7.99. The first-order valence-electron chi connectivity index (χ1n) is 8.32. The van der Waals surface area contributed by atoms with Crippen LogP contribution in [0.3, 0.4) is 0 Å². The van der Waals surface area contributed by atoms with Crippen molar-refractivity contribution in [2.24, 2.45) is 0 Å². The van der Waals surface area contributed by atoms with Crippen LogP contribution in [0.15, 0.2) is 53.4 Å². The van der Waals surface area contributed by atoms with E-state index < -0.39 is 0 Å². The van der Waals surface area contributed by atoms with Gasteiger partial charge in [0.05, 0.1) is 12.8 Å². The fraction of sp³-hybridized carbons (Fsp3) is 0.400. The zero-order chi connectivity index (χ0) is 17.4. The molecule has 0 amide bonds. The van der Waals surface area contributed by atoms with Gasteiger partial charge in [0.15, 0.2) is 0 Å². The van der Waals surface area contributed by atoms with E-state index in [-0.39, 0.29) is 0 Å². The Bertz CT molecular complexity index is 616. The number of methoxy groups -OCH3 is 1. The van der Waals surface area contributed by atoms with E-state index in [1.165, 1.54) is 10.5 Å². The molecule has 0 fully saturated rings. The molecule has 0 saturated heterocycles. The summed E-state index contributed by atoms with van der Waals surface area (Å²) in [5.74, 6) is 1.93. The monoisotopic (exact) mass is 344 g/mol. The van der Waals surface area contributed by atoms with Gasteiger partial charge >= 0.3 is 0 Å². The van der Waals surface area contributed by atoms with Gasteiger partial charge in [0.25, 0.3) is 0 Å². The fourth-order valence-corrected chi connectivity index (χ4v) is 3.46. The summed E-state index contributed by atoms with van der Waals surface area (Å²) in [7, 11) is 5.97. The number of anilines is 1. The van der Waals surface area contributed by atoms with Crippen LogP contribution in [0.4, 0.5) is 5.69 Å². The van der Waals surface area contributed by atoms with Gasteiger partial charge in [-0.15, -0.1) is 11.8 Å². The minimum atomic E-state index is 0.384. The Morgan fingerprint density at radius 3 is 2.54 bits per heavy atom. The van der Waals surface area contributed by atoms with Gasteiger partial charge in [-0.1, -0.05) is 24.3 Å². The van der Waals surface area contributed by atoms with Gasteiger partial charge in [0.1, 0.15) is 5.75 Å². The largest absolute Gasteiger partial charge is 0.495 e. The molecule has 0 heterocycles. The van der Waals surface area contributed by atoms with Crippen LogP contribution in [0, 0.1) is 6.92 Å². The van der Waals surface area contributed by atoms with Gasteiger partial charge in [0, 0.05) is 16.7 Å². The molecule has 0 saturated carbocycles. The third-order valence-corrected chi connectivity index (χ3v) is 5.01. The maximum Gasteiger partial charge on any atom is 0.142 e. The van der Waals surface area contributed by atoms with Crippen molar-refractivity contribution in [3.05, 3.63) is 54.1 Å². The molecule has 0 aliphatic heterocycles. The van der Waals surface area contributed by atoms with Crippen LogP contribution in [0.25, 0.3) is 0 Å². The molecule has 1 atom stereocenters. The van der Waals surface area contributed by atoms with Gasteiger partial charge in [-0.3, -0.25) is 0 Å². The number of rotatable bonds is 9. The third-order valence-electron chi connectivity index (χ3n) is 3.84. The number of hydrogen-bond donors (Lipinski definition) is 1. The normalized spacial score (nSPS) is 12.2. The zero-order valence-electron chi connectivity index (χ0n) is 15.1. The third kappa shape index (κ3) is 6.10. The zero-order valence-corrected chi connectivity index (χ0v) is 15.9. The van der Waals surface area contributed by atoms with Crippen LogP contribution in [0.5, 0.6) is 5.75 Å². The van der Waals surface area contributed by atoms with E-state index in [2.05, 4.69) is 79.8 Å². The van der Waals surface area contributed by atoms with E-state index in [1.807, 2.05) is 11.8 Å². The first-order chi connectivity index (χ1) is 11.6. The van der Waals surface area contributed by atoms with E-state index >= 15 is 0 Å². The molecule has 0 aliphatic rings. The SMILES string of the molecule is COc1cc(C)ccc1NC(CCN(C)C)CSc1ccccc1. The van der Waals surface area contributed by atoms with E-state index in [0.29, 0.717) is 6.04 Å². The summed E-state index contributed by atoms with van der Waals surface area (Å²) < 4.78 is 5.54. The summed E-state index contributed by atoms with van der Waals surface area (Å²) in [4.78, 5) is 3.54. The van der Waals surface area contributed by atoms with Crippen molar-refractivity contribution in [2.75, 3.05) is 38.8 Å². The minimum absolute atomic E-state index is 0.384. The van der Waals surface area contributed by atoms with Crippen molar-refractivity contribution in [1.29, 1.82) is 0 Å². The van der Waals surface area contributed by atoms with E-state index in [1.54, 1.807) is 7.11 Å². The average molecular weight is 345 g/mol. The predicted molar refractivity (Wildman–Crippen MR) is 105 cm³/mol. The van der Waals surface area contributed by atoms with Crippen molar-refractivity contribution in [2.45, 2.75) is 24.3 Å². The van der Waals surface area contributed by atoms with E-state index in [9.17, 15) is 0 Å². The van der Waals surface area contributed by atoms with Crippen LogP contribution >= 0.6 is 11.8 Å². The summed E-state index contributed by atoms with van der Waals surface area (Å²) in [5.41, 5.74) is 2.28. The number of hydrogen-bond acceptors (Lipinski definition) is 4. The van der Waals surface area contributed by atoms with Crippen molar-refractivity contribution in [1.82, 2.24) is 4.90 Å². The van der Waals surface area contributed by atoms with Crippen LogP contribution in [-0.4, -0.2) is 44.4 Å². The Balaban J connectivity index is 2.05. The predicted octanol–water partition coefficient (Wildman–Crippen LogP) is 4.53. The number of thioether (sulfide) groups is 1. The fourth-order valence-electron chi connectivity index (χ4n) is 2.46. The molecule has 1 unspecified atom stereocenters. The second kappa shape index (κ2) is 9.60. The molecule has 0 aromatic heterocycles. The maximum atomic E-state index is 5.54. The van der Waals surface area contributed by atoms with Crippen molar-refractivity contribution in [3.8, 4) is 5.75 Å². The summed E-state index contributed by atoms with van der Waals surface area (Å²) >= 11 is 1.89. The average Bonchev–Trinajstić information content (AvgIpc) is 2.59.